The van der Waals surface area contributed by atoms with Gasteiger partial charge in [-0.15, -0.1) is 0 Å². The van der Waals surface area contributed by atoms with Gasteiger partial charge in [-0.05, 0) is 39.0 Å². The van der Waals surface area contributed by atoms with E-state index in [4.69, 9.17) is 9.15 Å². The number of carbonyl (C=O) groups is 1. The number of amides is 2. The molecule has 2 N–H and O–H groups in total. The highest BCUT2D eigenvalue weighted by molar-refractivity contribution is 7.99. The van der Waals surface area contributed by atoms with Crippen molar-refractivity contribution in [1.29, 1.82) is 0 Å². The van der Waals surface area contributed by atoms with Gasteiger partial charge in [-0.3, -0.25) is 4.90 Å². The van der Waals surface area contributed by atoms with Crippen LogP contribution in [0.3, 0.4) is 0 Å². The van der Waals surface area contributed by atoms with Crippen molar-refractivity contribution in [3.63, 3.8) is 0 Å². The Labute approximate surface area is 154 Å². The molecule has 2 saturated heterocycles. The fourth-order valence-electron chi connectivity index (χ4n) is 3.79. The molecule has 2 atom stereocenters. The van der Waals surface area contributed by atoms with Crippen LogP contribution in [-0.2, 0) is 4.74 Å². The average Bonchev–Trinajstić information content (AvgIpc) is 3.21. The molecule has 2 aliphatic heterocycles. The van der Waals surface area contributed by atoms with Crippen LogP contribution < -0.4 is 10.6 Å². The molecule has 0 aromatic carbocycles. The summed E-state index contributed by atoms with van der Waals surface area (Å²) in [4.78, 5) is 14.9. The van der Waals surface area contributed by atoms with Crippen molar-refractivity contribution < 1.29 is 13.9 Å². The van der Waals surface area contributed by atoms with Gasteiger partial charge in [0.25, 0.3) is 0 Å². The Kier molecular flexibility index (Phi) is 5.96. The Bertz CT molecular complexity index is 592. The molecule has 2 amide bonds. The Morgan fingerprint density at radius 3 is 2.76 bits per heavy atom. The Morgan fingerprint density at radius 1 is 1.40 bits per heavy atom. The number of carbonyl (C=O) groups excluding carboxylic acids is 1. The van der Waals surface area contributed by atoms with Crippen molar-refractivity contribution in [2.75, 3.05) is 44.4 Å². The second-order valence-corrected chi connectivity index (χ2v) is 8.15. The highest BCUT2D eigenvalue weighted by Crippen LogP contribution is 2.33. The van der Waals surface area contributed by atoms with Gasteiger partial charge in [0.05, 0.1) is 19.3 Å². The SMILES string of the molecule is Cc1cc(C(C)NC(=O)NCC2(N3CCOCC3)CCSC2)c(C)o1. The third kappa shape index (κ3) is 4.33. The number of urea groups is 1. The second-order valence-electron chi connectivity index (χ2n) is 7.04. The first-order valence-corrected chi connectivity index (χ1v) is 10.2. The van der Waals surface area contributed by atoms with Crippen molar-refractivity contribution in [1.82, 2.24) is 15.5 Å². The van der Waals surface area contributed by atoms with Gasteiger partial charge in [-0.2, -0.15) is 11.8 Å². The van der Waals surface area contributed by atoms with E-state index < -0.39 is 0 Å². The standard InChI is InChI=1S/C18H29N3O3S/c1-13-10-16(15(3)24-13)14(2)20-17(22)19-11-18(4-9-25-12-18)21-5-7-23-8-6-21/h10,14H,4-9,11-12H2,1-3H3,(H2,19,20,22). The molecule has 0 spiro atoms. The number of aryl methyl sites for hydroxylation is 2. The molecule has 2 aliphatic rings. The first kappa shape index (κ1) is 18.6. The molecule has 0 saturated carbocycles. The summed E-state index contributed by atoms with van der Waals surface area (Å²) >= 11 is 1.98. The van der Waals surface area contributed by atoms with E-state index in [2.05, 4.69) is 15.5 Å². The molecule has 0 radical (unpaired) electrons. The molecular weight excluding hydrogens is 338 g/mol. The highest BCUT2D eigenvalue weighted by atomic mass is 32.2. The van der Waals surface area contributed by atoms with Gasteiger partial charge in [-0.25, -0.2) is 4.79 Å². The zero-order valence-electron chi connectivity index (χ0n) is 15.4. The van der Waals surface area contributed by atoms with Crippen LogP contribution in [0.1, 0.15) is 36.5 Å². The van der Waals surface area contributed by atoms with Gasteiger partial charge in [0.15, 0.2) is 0 Å². The van der Waals surface area contributed by atoms with Gasteiger partial charge in [0, 0.05) is 36.5 Å². The van der Waals surface area contributed by atoms with Crippen molar-refractivity contribution in [2.24, 2.45) is 0 Å². The average molecular weight is 368 g/mol. The zero-order valence-corrected chi connectivity index (χ0v) is 16.2. The summed E-state index contributed by atoms with van der Waals surface area (Å²) in [6, 6.07) is 1.80. The number of thioether (sulfide) groups is 1. The number of morpholine rings is 1. The Balaban J connectivity index is 1.55. The lowest BCUT2D eigenvalue weighted by atomic mass is 9.95. The summed E-state index contributed by atoms with van der Waals surface area (Å²) in [6.45, 7) is 10.0. The maximum atomic E-state index is 12.4. The minimum atomic E-state index is -0.115. The third-order valence-corrected chi connectivity index (χ3v) is 6.47. The molecule has 7 heteroatoms. The molecule has 0 bridgehead atoms. The van der Waals surface area contributed by atoms with Gasteiger partial charge < -0.3 is 19.8 Å². The molecule has 0 aliphatic carbocycles. The fourth-order valence-corrected chi connectivity index (χ4v) is 5.26. The smallest absolute Gasteiger partial charge is 0.315 e. The lowest BCUT2D eigenvalue weighted by molar-refractivity contribution is -0.0124. The van der Waals surface area contributed by atoms with E-state index in [1.807, 2.05) is 38.6 Å². The van der Waals surface area contributed by atoms with E-state index >= 15 is 0 Å². The van der Waals surface area contributed by atoms with Crippen LogP contribution in [0.4, 0.5) is 4.79 Å². The minimum absolute atomic E-state index is 0.0666. The van der Waals surface area contributed by atoms with Gasteiger partial charge in [0.1, 0.15) is 11.5 Å². The summed E-state index contributed by atoms with van der Waals surface area (Å²) in [5.74, 6) is 3.96. The number of nitrogens with zero attached hydrogens (tertiary/aromatic N) is 1. The van der Waals surface area contributed by atoms with Crippen LogP contribution in [0.2, 0.25) is 0 Å². The van der Waals surface area contributed by atoms with Crippen molar-refractivity contribution >= 4 is 17.8 Å². The molecular formula is C18H29N3O3S. The van der Waals surface area contributed by atoms with Crippen LogP contribution in [0.5, 0.6) is 0 Å². The van der Waals surface area contributed by atoms with Crippen molar-refractivity contribution in [3.8, 4) is 0 Å². The quantitative estimate of drug-likeness (QED) is 0.837. The number of nitrogens with one attached hydrogen (secondary N) is 2. The minimum Gasteiger partial charge on any atom is -0.466 e. The zero-order chi connectivity index (χ0) is 17.9. The monoisotopic (exact) mass is 367 g/mol. The van der Waals surface area contributed by atoms with Crippen molar-refractivity contribution in [3.05, 3.63) is 23.2 Å². The summed E-state index contributed by atoms with van der Waals surface area (Å²) in [6.07, 6.45) is 1.12. The third-order valence-electron chi connectivity index (χ3n) is 5.24. The topological polar surface area (TPSA) is 66.7 Å². The Morgan fingerprint density at radius 2 is 2.16 bits per heavy atom. The van der Waals surface area contributed by atoms with Crippen LogP contribution >= 0.6 is 11.8 Å². The number of furan rings is 1. The van der Waals surface area contributed by atoms with Crippen LogP contribution in [0.25, 0.3) is 0 Å². The number of rotatable bonds is 5. The van der Waals surface area contributed by atoms with Crippen LogP contribution in [0.15, 0.2) is 10.5 Å². The van der Waals surface area contributed by atoms with E-state index in [9.17, 15) is 4.79 Å². The predicted octanol–water partition coefficient (Wildman–Crippen LogP) is 2.46. The predicted molar refractivity (Wildman–Crippen MR) is 100 cm³/mol. The lowest BCUT2D eigenvalue weighted by Crippen LogP contribution is -2.60. The van der Waals surface area contributed by atoms with E-state index in [0.717, 1.165) is 61.3 Å². The highest BCUT2D eigenvalue weighted by Gasteiger charge is 2.40. The van der Waals surface area contributed by atoms with Crippen LogP contribution in [0, 0.1) is 13.8 Å². The summed E-state index contributed by atoms with van der Waals surface area (Å²) in [7, 11) is 0. The summed E-state index contributed by atoms with van der Waals surface area (Å²) in [5, 5.41) is 6.15. The first-order valence-electron chi connectivity index (χ1n) is 9.02. The number of hydrogen-bond acceptors (Lipinski definition) is 5. The first-order chi connectivity index (χ1) is 12.0. The van der Waals surface area contributed by atoms with E-state index in [1.54, 1.807) is 0 Å². The maximum absolute atomic E-state index is 12.4. The number of hydrogen-bond donors (Lipinski definition) is 2. The molecule has 25 heavy (non-hydrogen) atoms. The molecule has 2 fully saturated rings. The molecule has 140 valence electrons. The van der Waals surface area contributed by atoms with E-state index in [1.165, 1.54) is 0 Å². The largest absolute Gasteiger partial charge is 0.466 e. The fraction of sp³-hybridized carbons (Fsp3) is 0.722. The summed E-state index contributed by atoms with van der Waals surface area (Å²) in [5.41, 5.74) is 1.10. The second kappa shape index (κ2) is 8.01. The maximum Gasteiger partial charge on any atom is 0.315 e. The normalized spacial score (nSPS) is 25.7. The van der Waals surface area contributed by atoms with Crippen molar-refractivity contribution in [2.45, 2.75) is 38.8 Å². The molecule has 1 aromatic heterocycles. The molecule has 6 nitrogen and oxygen atoms in total. The van der Waals surface area contributed by atoms with E-state index in [0.29, 0.717) is 6.54 Å². The van der Waals surface area contributed by atoms with Gasteiger partial charge in [0.2, 0.25) is 0 Å². The van der Waals surface area contributed by atoms with Gasteiger partial charge >= 0.3 is 6.03 Å². The van der Waals surface area contributed by atoms with E-state index in [-0.39, 0.29) is 17.6 Å². The molecule has 1 aromatic rings. The molecule has 2 unspecified atom stereocenters. The molecule has 3 heterocycles. The summed E-state index contributed by atoms with van der Waals surface area (Å²) < 4.78 is 11.0. The Hall–Kier alpha value is -1.18. The lowest BCUT2D eigenvalue weighted by Gasteiger charge is -2.43. The molecule has 3 rings (SSSR count). The van der Waals surface area contributed by atoms with Gasteiger partial charge in [-0.1, -0.05) is 0 Å². The number of ether oxygens (including phenoxy) is 1. The van der Waals surface area contributed by atoms with Crippen LogP contribution in [-0.4, -0.2) is 60.8 Å².